The van der Waals surface area contributed by atoms with Gasteiger partial charge in [0.15, 0.2) is 0 Å². The van der Waals surface area contributed by atoms with Crippen molar-refractivity contribution in [3.8, 4) is 0 Å². The van der Waals surface area contributed by atoms with Crippen LogP contribution in [0.15, 0.2) is 28.7 Å². The second-order valence-corrected chi connectivity index (χ2v) is 4.72. The first-order valence-corrected chi connectivity index (χ1v) is 6.16. The lowest BCUT2D eigenvalue weighted by Crippen LogP contribution is -2.27. The number of hydrogen-bond acceptors (Lipinski definition) is 2. The standard InChI is InChI=1S/C12H14BrNO2/c13-11-4-2-1-3-9(11)7-12(15)14-6-5-10-8-16-10/h1-4,10H,5-8H2,(H,14,15)/t10-/m1/s1. The molecule has 1 aromatic carbocycles. The number of nitrogens with one attached hydrogen (secondary N) is 1. The summed E-state index contributed by atoms with van der Waals surface area (Å²) in [4.78, 5) is 11.6. The highest BCUT2D eigenvalue weighted by Crippen LogP contribution is 2.16. The summed E-state index contributed by atoms with van der Waals surface area (Å²) in [6.07, 6.45) is 1.72. The van der Waals surface area contributed by atoms with Crippen molar-refractivity contribution in [1.82, 2.24) is 5.32 Å². The molecule has 1 heterocycles. The highest BCUT2D eigenvalue weighted by atomic mass is 79.9. The van der Waals surface area contributed by atoms with Gasteiger partial charge in [0, 0.05) is 11.0 Å². The minimum Gasteiger partial charge on any atom is -0.373 e. The van der Waals surface area contributed by atoms with Crippen molar-refractivity contribution < 1.29 is 9.53 Å². The number of halogens is 1. The van der Waals surface area contributed by atoms with E-state index >= 15 is 0 Å². The van der Waals surface area contributed by atoms with E-state index in [0.717, 1.165) is 23.1 Å². The maximum atomic E-state index is 11.6. The van der Waals surface area contributed by atoms with Crippen LogP contribution in [0.2, 0.25) is 0 Å². The number of rotatable bonds is 5. The van der Waals surface area contributed by atoms with E-state index in [1.807, 2.05) is 24.3 Å². The highest BCUT2D eigenvalue weighted by molar-refractivity contribution is 9.10. The Kier molecular flexibility index (Phi) is 3.96. The molecule has 1 aliphatic heterocycles. The predicted molar refractivity (Wildman–Crippen MR) is 65.2 cm³/mol. The van der Waals surface area contributed by atoms with E-state index in [2.05, 4.69) is 21.2 Å². The summed E-state index contributed by atoms with van der Waals surface area (Å²) in [5.74, 6) is 0.0625. The number of ether oxygens (including phenoxy) is 1. The minimum absolute atomic E-state index is 0.0625. The second-order valence-electron chi connectivity index (χ2n) is 3.86. The van der Waals surface area contributed by atoms with E-state index in [-0.39, 0.29) is 5.91 Å². The monoisotopic (exact) mass is 283 g/mol. The van der Waals surface area contributed by atoms with Crippen molar-refractivity contribution in [2.24, 2.45) is 0 Å². The normalized spacial score (nSPS) is 18.2. The molecule has 1 atom stereocenters. The summed E-state index contributed by atoms with van der Waals surface area (Å²) in [5, 5.41) is 2.89. The number of carbonyl (C=O) groups excluding carboxylic acids is 1. The Morgan fingerprint density at radius 2 is 2.25 bits per heavy atom. The number of amides is 1. The minimum atomic E-state index is 0.0625. The van der Waals surface area contributed by atoms with Crippen LogP contribution in [0.3, 0.4) is 0 Å². The van der Waals surface area contributed by atoms with Crippen molar-refractivity contribution in [1.29, 1.82) is 0 Å². The molecule has 1 N–H and O–H groups in total. The Bertz CT molecular complexity index is 377. The lowest BCUT2D eigenvalue weighted by Gasteiger charge is -2.05. The van der Waals surface area contributed by atoms with Crippen LogP contribution in [-0.2, 0) is 16.0 Å². The lowest BCUT2D eigenvalue weighted by molar-refractivity contribution is -0.120. The van der Waals surface area contributed by atoms with Gasteiger partial charge in [-0.25, -0.2) is 0 Å². The first-order valence-electron chi connectivity index (χ1n) is 5.37. The molecule has 0 spiro atoms. The SMILES string of the molecule is O=C(Cc1ccccc1Br)NCC[C@@H]1CO1. The third-order valence-corrected chi connectivity index (χ3v) is 3.27. The molecule has 0 aliphatic carbocycles. The van der Waals surface area contributed by atoms with E-state index in [9.17, 15) is 4.79 Å². The Balaban J connectivity index is 1.75. The van der Waals surface area contributed by atoms with Crippen LogP contribution in [0, 0.1) is 0 Å². The summed E-state index contributed by atoms with van der Waals surface area (Å²) >= 11 is 3.43. The van der Waals surface area contributed by atoms with Gasteiger partial charge in [-0.3, -0.25) is 4.79 Å². The van der Waals surface area contributed by atoms with Crippen LogP contribution in [0.25, 0.3) is 0 Å². The third kappa shape index (κ3) is 3.61. The molecule has 86 valence electrons. The van der Waals surface area contributed by atoms with Crippen LogP contribution < -0.4 is 5.32 Å². The van der Waals surface area contributed by atoms with Crippen molar-refractivity contribution in [3.63, 3.8) is 0 Å². The van der Waals surface area contributed by atoms with Crippen molar-refractivity contribution in [2.75, 3.05) is 13.2 Å². The van der Waals surface area contributed by atoms with Gasteiger partial charge in [0.2, 0.25) is 5.91 Å². The number of carbonyl (C=O) groups is 1. The average Bonchev–Trinajstić information content (AvgIpc) is 3.05. The van der Waals surface area contributed by atoms with E-state index in [1.54, 1.807) is 0 Å². The van der Waals surface area contributed by atoms with Crippen LogP contribution in [0.1, 0.15) is 12.0 Å². The second kappa shape index (κ2) is 5.46. The van der Waals surface area contributed by atoms with Gasteiger partial charge in [0.05, 0.1) is 19.1 Å². The predicted octanol–water partition coefficient (Wildman–Crippen LogP) is 1.90. The van der Waals surface area contributed by atoms with Crippen LogP contribution >= 0.6 is 15.9 Å². The van der Waals surface area contributed by atoms with Gasteiger partial charge in [-0.2, -0.15) is 0 Å². The van der Waals surface area contributed by atoms with Crippen molar-refractivity contribution in [3.05, 3.63) is 34.3 Å². The van der Waals surface area contributed by atoms with Gasteiger partial charge in [-0.1, -0.05) is 34.1 Å². The summed E-state index contributed by atoms with van der Waals surface area (Å²) < 4.78 is 6.05. The molecule has 0 bridgehead atoms. The van der Waals surface area contributed by atoms with Gasteiger partial charge in [0.1, 0.15) is 0 Å². The largest absolute Gasteiger partial charge is 0.373 e. The first-order chi connectivity index (χ1) is 7.75. The lowest BCUT2D eigenvalue weighted by atomic mass is 10.1. The molecule has 0 aromatic heterocycles. The Morgan fingerprint density at radius 1 is 1.50 bits per heavy atom. The van der Waals surface area contributed by atoms with Crippen molar-refractivity contribution in [2.45, 2.75) is 18.9 Å². The number of benzene rings is 1. The third-order valence-electron chi connectivity index (χ3n) is 2.50. The molecule has 16 heavy (non-hydrogen) atoms. The number of hydrogen-bond donors (Lipinski definition) is 1. The Hall–Kier alpha value is -0.870. The summed E-state index contributed by atoms with van der Waals surface area (Å²) in [7, 11) is 0. The van der Waals surface area contributed by atoms with Crippen LogP contribution in [-0.4, -0.2) is 25.2 Å². The first kappa shape index (κ1) is 11.6. The maximum Gasteiger partial charge on any atom is 0.224 e. The molecule has 0 radical (unpaired) electrons. The zero-order chi connectivity index (χ0) is 11.4. The van der Waals surface area contributed by atoms with Gasteiger partial charge in [-0.15, -0.1) is 0 Å². The summed E-state index contributed by atoms with van der Waals surface area (Å²) in [5.41, 5.74) is 1.02. The average molecular weight is 284 g/mol. The summed E-state index contributed by atoms with van der Waals surface area (Å²) in [6.45, 7) is 1.55. The molecule has 1 fully saturated rings. The van der Waals surface area contributed by atoms with Gasteiger partial charge >= 0.3 is 0 Å². The molecule has 1 saturated heterocycles. The van der Waals surface area contributed by atoms with Crippen LogP contribution in [0.5, 0.6) is 0 Å². The van der Waals surface area contributed by atoms with Gasteiger partial charge in [0.25, 0.3) is 0 Å². The zero-order valence-electron chi connectivity index (χ0n) is 8.91. The molecular weight excluding hydrogens is 270 g/mol. The molecule has 0 saturated carbocycles. The molecule has 3 nitrogen and oxygen atoms in total. The fourth-order valence-corrected chi connectivity index (χ4v) is 1.91. The molecule has 1 aromatic rings. The van der Waals surface area contributed by atoms with Gasteiger partial charge < -0.3 is 10.1 Å². The van der Waals surface area contributed by atoms with E-state index in [1.165, 1.54) is 0 Å². The fraction of sp³-hybridized carbons (Fsp3) is 0.417. The highest BCUT2D eigenvalue weighted by Gasteiger charge is 2.21. The number of epoxide rings is 1. The van der Waals surface area contributed by atoms with Crippen molar-refractivity contribution >= 4 is 21.8 Å². The zero-order valence-corrected chi connectivity index (χ0v) is 10.5. The molecule has 4 heteroatoms. The molecule has 2 rings (SSSR count). The van der Waals surface area contributed by atoms with Crippen LogP contribution in [0.4, 0.5) is 0 Å². The van der Waals surface area contributed by atoms with E-state index < -0.39 is 0 Å². The van der Waals surface area contributed by atoms with E-state index in [0.29, 0.717) is 19.1 Å². The quantitative estimate of drug-likeness (QED) is 0.839. The van der Waals surface area contributed by atoms with Gasteiger partial charge in [-0.05, 0) is 18.1 Å². The Labute approximate surface area is 103 Å². The molecule has 1 aliphatic rings. The summed E-state index contributed by atoms with van der Waals surface area (Å²) in [6, 6.07) is 7.77. The molecule has 0 unspecified atom stereocenters. The molecule has 1 amide bonds. The van der Waals surface area contributed by atoms with E-state index in [4.69, 9.17) is 4.74 Å². The fourth-order valence-electron chi connectivity index (χ4n) is 1.48. The molecular formula is C12H14BrNO2. The smallest absolute Gasteiger partial charge is 0.224 e. The Morgan fingerprint density at radius 3 is 2.94 bits per heavy atom. The maximum absolute atomic E-state index is 11.6. The topological polar surface area (TPSA) is 41.6 Å².